The molecule has 1 heterocycles. The lowest BCUT2D eigenvalue weighted by atomic mass is 10.2. The molecule has 0 aromatic heterocycles. The van der Waals surface area contributed by atoms with E-state index in [0.717, 1.165) is 16.8 Å². The van der Waals surface area contributed by atoms with Gasteiger partial charge in [-0.05, 0) is 60.7 Å². The maximum atomic E-state index is 12.3. The Morgan fingerprint density at radius 2 is 1.87 bits per heavy atom. The van der Waals surface area contributed by atoms with Crippen molar-refractivity contribution < 1.29 is 9.53 Å². The van der Waals surface area contributed by atoms with E-state index in [2.05, 4.69) is 10.3 Å². The molecule has 3 aromatic rings. The Bertz CT molecular complexity index is 1140. The zero-order valence-electron chi connectivity index (χ0n) is 16.3. The summed E-state index contributed by atoms with van der Waals surface area (Å²) < 4.78 is 5.87. The van der Waals surface area contributed by atoms with Gasteiger partial charge in [0.05, 0.1) is 10.6 Å². The first-order valence-electron chi connectivity index (χ1n) is 9.39. The Hall–Kier alpha value is -3.02. The zero-order chi connectivity index (χ0) is 20.9. The number of nitrogens with one attached hydrogen (secondary N) is 1. The topological polar surface area (TPSA) is 50.7 Å². The van der Waals surface area contributed by atoms with Crippen LogP contribution in [0.25, 0.3) is 6.08 Å². The van der Waals surface area contributed by atoms with Crippen molar-refractivity contribution in [2.45, 2.75) is 13.5 Å². The lowest BCUT2D eigenvalue weighted by molar-refractivity contribution is -0.115. The number of ether oxygens (including phenoxy) is 1. The maximum absolute atomic E-state index is 12.3. The zero-order valence-corrected chi connectivity index (χ0v) is 17.8. The fourth-order valence-electron chi connectivity index (χ4n) is 2.84. The van der Waals surface area contributed by atoms with Crippen LogP contribution in [0.1, 0.15) is 16.7 Å². The highest BCUT2D eigenvalue weighted by Gasteiger charge is 2.23. The van der Waals surface area contributed by atoms with E-state index in [0.29, 0.717) is 27.5 Å². The quantitative estimate of drug-likeness (QED) is 0.492. The van der Waals surface area contributed by atoms with Crippen LogP contribution in [0.5, 0.6) is 5.75 Å². The summed E-state index contributed by atoms with van der Waals surface area (Å²) in [6.45, 7) is 2.40. The van der Waals surface area contributed by atoms with Gasteiger partial charge in [0.25, 0.3) is 5.91 Å². The lowest BCUT2D eigenvalue weighted by Crippen LogP contribution is -2.19. The first-order chi connectivity index (χ1) is 14.6. The van der Waals surface area contributed by atoms with Gasteiger partial charge in [0.2, 0.25) is 0 Å². The van der Waals surface area contributed by atoms with Crippen LogP contribution in [0.4, 0.5) is 5.69 Å². The van der Waals surface area contributed by atoms with Gasteiger partial charge in [0.1, 0.15) is 12.4 Å². The molecule has 1 N–H and O–H groups in total. The molecular weight excluding hydrogens is 416 g/mol. The van der Waals surface area contributed by atoms with Gasteiger partial charge in [-0.15, -0.1) is 0 Å². The molecule has 0 unspecified atom stereocenters. The Labute approximate surface area is 184 Å². The van der Waals surface area contributed by atoms with E-state index in [4.69, 9.17) is 16.3 Å². The molecule has 1 amide bonds. The summed E-state index contributed by atoms with van der Waals surface area (Å²) in [6.07, 6.45) is 1.83. The molecule has 0 radical (unpaired) electrons. The number of amidine groups is 1. The number of carbonyl (C=O) groups is 1. The first kappa shape index (κ1) is 20.3. The van der Waals surface area contributed by atoms with Gasteiger partial charge < -0.3 is 10.1 Å². The highest BCUT2D eigenvalue weighted by atomic mass is 35.5. The van der Waals surface area contributed by atoms with Crippen LogP contribution in [0.3, 0.4) is 0 Å². The van der Waals surface area contributed by atoms with Crippen molar-refractivity contribution in [2.24, 2.45) is 4.99 Å². The molecule has 0 atom stereocenters. The van der Waals surface area contributed by atoms with E-state index in [-0.39, 0.29) is 5.91 Å². The molecule has 30 heavy (non-hydrogen) atoms. The van der Waals surface area contributed by atoms with Crippen molar-refractivity contribution >= 4 is 46.2 Å². The maximum Gasteiger partial charge on any atom is 0.264 e. The number of nitrogens with zero attached hydrogens (tertiary/aromatic N) is 1. The number of aliphatic imine (C=N–C) groups is 1. The van der Waals surface area contributed by atoms with Crippen molar-refractivity contribution in [3.8, 4) is 5.75 Å². The predicted molar refractivity (Wildman–Crippen MR) is 124 cm³/mol. The molecule has 0 aliphatic carbocycles. The van der Waals surface area contributed by atoms with Crippen LogP contribution in [-0.4, -0.2) is 11.1 Å². The lowest BCUT2D eigenvalue weighted by Gasteiger charge is -2.08. The number of amides is 1. The monoisotopic (exact) mass is 434 g/mol. The van der Waals surface area contributed by atoms with Gasteiger partial charge in [-0.25, -0.2) is 4.99 Å². The van der Waals surface area contributed by atoms with Crippen LogP contribution in [-0.2, 0) is 11.4 Å². The summed E-state index contributed by atoms with van der Waals surface area (Å²) >= 11 is 7.51. The van der Waals surface area contributed by atoms with Gasteiger partial charge in [-0.3, -0.25) is 4.79 Å². The molecule has 1 saturated heterocycles. The SMILES string of the molecule is Cc1ccc(N=C2NC(=O)/C(=C/c3cccc(OCc4ccccc4Cl)c3)S2)cc1. The fraction of sp³-hybridized carbons (Fsp3) is 0.0833. The Balaban J connectivity index is 1.46. The first-order valence-corrected chi connectivity index (χ1v) is 10.6. The average Bonchev–Trinajstić information content (AvgIpc) is 3.08. The standard InChI is InChI=1S/C24H19ClN2O2S/c1-16-9-11-19(12-10-16)26-24-27-23(28)22(30-24)14-17-5-4-7-20(13-17)29-15-18-6-2-3-8-21(18)25/h2-14H,15H2,1H3,(H,26,27,28)/b22-14-. The average molecular weight is 435 g/mol. The molecule has 0 bridgehead atoms. The van der Waals surface area contributed by atoms with Crippen molar-refractivity contribution in [3.63, 3.8) is 0 Å². The summed E-state index contributed by atoms with van der Waals surface area (Å²) in [4.78, 5) is 17.4. The van der Waals surface area contributed by atoms with Gasteiger partial charge >= 0.3 is 0 Å². The summed E-state index contributed by atoms with van der Waals surface area (Å²) in [5, 5.41) is 4.06. The molecule has 6 heteroatoms. The third-order valence-electron chi connectivity index (χ3n) is 4.42. The summed E-state index contributed by atoms with van der Waals surface area (Å²) in [5.41, 5.74) is 3.77. The van der Waals surface area contributed by atoms with E-state index in [1.807, 2.05) is 85.8 Å². The van der Waals surface area contributed by atoms with Crippen LogP contribution in [0, 0.1) is 6.92 Å². The third-order valence-corrected chi connectivity index (χ3v) is 5.70. The molecule has 1 aliphatic rings. The van der Waals surface area contributed by atoms with Crippen LogP contribution < -0.4 is 10.1 Å². The van der Waals surface area contributed by atoms with Crippen LogP contribution in [0.15, 0.2) is 82.7 Å². The second-order valence-electron chi connectivity index (χ2n) is 6.77. The molecule has 3 aromatic carbocycles. The minimum Gasteiger partial charge on any atom is -0.489 e. The van der Waals surface area contributed by atoms with E-state index in [1.54, 1.807) is 0 Å². The van der Waals surface area contributed by atoms with Gasteiger partial charge in [-0.1, -0.05) is 59.6 Å². The third kappa shape index (κ3) is 5.12. The largest absolute Gasteiger partial charge is 0.489 e. The minimum atomic E-state index is -0.159. The van der Waals surface area contributed by atoms with Gasteiger partial charge in [0, 0.05) is 10.6 Å². The number of benzene rings is 3. The van der Waals surface area contributed by atoms with Crippen molar-refractivity contribution in [2.75, 3.05) is 0 Å². The van der Waals surface area contributed by atoms with Gasteiger partial charge in [0.15, 0.2) is 5.17 Å². The molecule has 0 spiro atoms. The number of rotatable bonds is 5. The van der Waals surface area contributed by atoms with Gasteiger partial charge in [-0.2, -0.15) is 0 Å². The number of hydrogen-bond acceptors (Lipinski definition) is 4. The number of carbonyl (C=O) groups excluding carboxylic acids is 1. The van der Waals surface area contributed by atoms with E-state index in [9.17, 15) is 4.79 Å². The molecule has 1 aliphatic heterocycles. The predicted octanol–water partition coefficient (Wildman–Crippen LogP) is 6.12. The summed E-state index contributed by atoms with van der Waals surface area (Å²) in [6, 6.07) is 23.0. The van der Waals surface area contributed by atoms with Crippen molar-refractivity contribution in [1.82, 2.24) is 5.32 Å². The number of thioether (sulfide) groups is 1. The molecule has 4 nitrogen and oxygen atoms in total. The second kappa shape index (κ2) is 9.20. The van der Waals surface area contributed by atoms with E-state index in [1.165, 1.54) is 17.3 Å². The van der Waals surface area contributed by atoms with Crippen molar-refractivity contribution in [1.29, 1.82) is 0 Å². The Morgan fingerprint density at radius 3 is 2.67 bits per heavy atom. The molecule has 1 fully saturated rings. The van der Waals surface area contributed by atoms with Crippen molar-refractivity contribution in [3.05, 3.63) is 99.4 Å². The number of hydrogen-bond donors (Lipinski definition) is 1. The summed E-state index contributed by atoms with van der Waals surface area (Å²) in [5.74, 6) is 0.550. The smallest absolute Gasteiger partial charge is 0.264 e. The Morgan fingerprint density at radius 1 is 1.07 bits per heavy atom. The second-order valence-corrected chi connectivity index (χ2v) is 8.21. The Kier molecular flexibility index (Phi) is 6.21. The van der Waals surface area contributed by atoms with E-state index >= 15 is 0 Å². The normalized spacial score (nSPS) is 16.1. The highest BCUT2D eigenvalue weighted by molar-refractivity contribution is 8.18. The molecule has 0 saturated carbocycles. The minimum absolute atomic E-state index is 0.159. The molecule has 4 rings (SSSR count). The molecule has 150 valence electrons. The number of halogens is 1. The highest BCUT2D eigenvalue weighted by Crippen LogP contribution is 2.29. The fourth-order valence-corrected chi connectivity index (χ4v) is 3.87. The summed E-state index contributed by atoms with van der Waals surface area (Å²) in [7, 11) is 0. The van der Waals surface area contributed by atoms with Crippen LogP contribution in [0.2, 0.25) is 5.02 Å². The molecular formula is C24H19ClN2O2S. The van der Waals surface area contributed by atoms with E-state index < -0.39 is 0 Å². The van der Waals surface area contributed by atoms with Crippen LogP contribution >= 0.6 is 23.4 Å². The number of aryl methyl sites for hydroxylation is 1.